The third-order valence-electron chi connectivity index (χ3n) is 3.42. The molecule has 1 saturated heterocycles. The zero-order valence-corrected chi connectivity index (χ0v) is 11.3. The van der Waals surface area contributed by atoms with Crippen molar-refractivity contribution in [3.05, 3.63) is 29.8 Å². The van der Waals surface area contributed by atoms with Gasteiger partial charge in [-0.15, -0.1) is 0 Å². The van der Waals surface area contributed by atoms with E-state index in [4.69, 9.17) is 10.5 Å². The van der Waals surface area contributed by atoms with E-state index in [0.717, 1.165) is 18.7 Å². The molecule has 0 radical (unpaired) electrons. The van der Waals surface area contributed by atoms with Crippen molar-refractivity contribution in [2.45, 2.75) is 32.2 Å². The van der Waals surface area contributed by atoms with Crippen LogP contribution in [0, 0.1) is 0 Å². The zero-order chi connectivity index (χ0) is 12.8. The molecule has 1 aromatic carbocycles. The number of likely N-dealkylation sites (tertiary alicyclic amines) is 1. The Labute approximate surface area is 110 Å². The second-order valence-electron chi connectivity index (χ2n) is 5.05. The van der Waals surface area contributed by atoms with Gasteiger partial charge in [0.25, 0.3) is 0 Å². The first kappa shape index (κ1) is 13.4. The van der Waals surface area contributed by atoms with Gasteiger partial charge in [-0.2, -0.15) is 0 Å². The van der Waals surface area contributed by atoms with E-state index >= 15 is 0 Å². The SMILES string of the molecule is CCOc1ccc(CC(N)CN2CCCC2)cc1. The van der Waals surface area contributed by atoms with Gasteiger partial charge in [-0.25, -0.2) is 0 Å². The number of hydrogen-bond acceptors (Lipinski definition) is 3. The third kappa shape index (κ3) is 4.00. The Hall–Kier alpha value is -1.06. The van der Waals surface area contributed by atoms with Crippen LogP contribution in [0.25, 0.3) is 0 Å². The summed E-state index contributed by atoms with van der Waals surface area (Å²) in [5.74, 6) is 0.939. The summed E-state index contributed by atoms with van der Waals surface area (Å²) >= 11 is 0. The summed E-state index contributed by atoms with van der Waals surface area (Å²) in [4.78, 5) is 2.47. The molecule has 1 aliphatic heterocycles. The molecule has 1 heterocycles. The molecule has 3 nitrogen and oxygen atoms in total. The van der Waals surface area contributed by atoms with Crippen molar-refractivity contribution in [2.24, 2.45) is 5.73 Å². The maximum Gasteiger partial charge on any atom is 0.119 e. The van der Waals surface area contributed by atoms with Crippen LogP contribution in [-0.4, -0.2) is 37.2 Å². The molecule has 1 aliphatic rings. The van der Waals surface area contributed by atoms with Gasteiger partial charge in [0.15, 0.2) is 0 Å². The van der Waals surface area contributed by atoms with Crippen molar-refractivity contribution in [3.63, 3.8) is 0 Å². The number of nitrogens with two attached hydrogens (primary N) is 1. The summed E-state index contributed by atoms with van der Waals surface area (Å²) in [7, 11) is 0. The molecule has 1 atom stereocenters. The monoisotopic (exact) mass is 248 g/mol. The normalized spacial score (nSPS) is 17.9. The van der Waals surface area contributed by atoms with E-state index in [1.165, 1.54) is 31.5 Å². The minimum absolute atomic E-state index is 0.237. The molecule has 0 aromatic heterocycles. The lowest BCUT2D eigenvalue weighted by Crippen LogP contribution is -2.37. The average Bonchev–Trinajstić information content (AvgIpc) is 2.84. The highest BCUT2D eigenvalue weighted by Gasteiger charge is 2.15. The second kappa shape index (κ2) is 6.76. The van der Waals surface area contributed by atoms with Crippen LogP contribution in [-0.2, 0) is 6.42 Å². The standard InChI is InChI=1S/C15H24N2O/c1-2-18-15-7-5-13(6-8-15)11-14(16)12-17-9-3-4-10-17/h5-8,14H,2-4,9-12,16H2,1H3. The van der Waals surface area contributed by atoms with Gasteiger partial charge in [-0.1, -0.05) is 12.1 Å². The predicted molar refractivity (Wildman–Crippen MR) is 75.0 cm³/mol. The highest BCUT2D eigenvalue weighted by molar-refractivity contribution is 5.27. The van der Waals surface area contributed by atoms with Crippen molar-refractivity contribution in [1.29, 1.82) is 0 Å². The van der Waals surface area contributed by atoms with Gasteiger partial charge in [0, 0.05) is 12.6 Å². The summed E-state index contributed by atoms with van der Waals surface area (Å²) in [6, 6.07) is 8.54. The van der Waals surface area contributed by atoms with Crippen LogP contribution in [0.2, 0.25) is 0 Å². The summed E-state index contributed by atoms with van der Waals surface area (Å²) in [5, 5.41) is 0. The number of ether oxygens (including phenoxy) is 1. The first-order valence-corrected chi connectivity index (χ1v) is 6.97. The lowest BCUT2D eigenvalue weighted by molar-refractivity contribution is 0.313. The fourth-order valence-electron chi connectivity index (χ4n) is 2.55. The van der Waals surface area contributed by atoms with Gasteiger partial charge >= 0.3 is 0 Å². The third-order valence-corrected chi connectivity index (χ3v) is 3.42. The van der Waals surface area contributed by atoms with Gasteiger partial charge in [0.2, 0.25) is 0 Å². The fraction of sp³-hybridized carbons (Fsp3) is 0.600. The molecule has 0 saturated carbocycles. The fourth-order valence-corrected chi connectivity index (χ4v) is 2.55. The first-order valence-electron chi connectivity index (χ1n) is 6.97. The molecule has 0 aliphatic carbocycles. The molecule has 3 heteroatoms. The van der Waals surface area contributed by atoms with E-state index in [9.17, 15) is 0 Å². The van der Waals surface area contributed by atoms with Crippen LogP contribution in [0.5, 0.6) is 5.75 Å². The van der Waals surface area contributed by atoms with Crippen LogP contribution >= 0.6 is 0 Å². The Bertz CT molecular complexity index is 344. The molecule has 18 heavy (non-hydrogen) atoms. The van der Waals surface area contributed by atoms with Crippen molar-refractivity contribution >= 4 is 0 Å². The van der Waals surface area contributed by atoms with Gasteiger partial charge in [0.05, 0.1) is 6.61 Å². The lowest BCUT2D eigenvalue weighted by Gasteiger charge is -2.20. The molecule has 0 amide bonds. The highest BCUT2D eigenvalue weighted by atomic mass is 16.5. The van der Waals surface area contributed by atoms with E-state index in [2.05, 4.69) is 17.0 Å². The van der Waals surface area contributed by atoms with Crippen molar-refractivity contribution < 1.29 is 4.74 Å². The lowest BCUT2D eigenvalue weighted by atomic mass is 10.1. The van der Waals surface area contributed by atoms with Crippen molar-refractivity contribution in [3.8, 4) is 5.75 Å². The first-order chi connectivity index (χ1) is 8.78. The van der Waals surface area contributed by atoms with Crippen LogP contribution in [0.4, 0.5) is 0 Å². The quantitative estimate of drug-likeness (QED) is 0.837. The van der Waals surface area contributed by atoms with Gasteiger partial charge in [-0.05, 0) is 57.0 Å². The van der Waals surface area contributed by atoms with Gasteiger partial charge in [0.1, 0.15) is 5.75 Å². The van der Waals surface area contributed by atoms with E-state index in [1.807, 2.05) is 19.1 Å². The van der Waals surface area contributed by atoms with Crippen LogP contribution in [0.1, 0.15) is 25.3 Å². The summed E-state index contributed by atoms with van der Waals surface area (Å²) < 4.78 is 5.43. The topological polar surface area (TPSA) is 38.5 Å². The number of nitrogens with zero attached hydrogens (tertiary/aromatic N) is 1. The highest BCUT2D eigenvalue weighted by Crippen LogP contribution is 2.14. The van der Waals surface area contributed by atoms with Crippen LogP contribution in [0.3, 0.4) is 0 Å². The Balaban J connectivity index is 1.80. The maximum absolute atomic E-state index is 6.21. The smallest absolute Gasteiger partial charge is 0.119 e. The molecule has 2 N–H and O–H groups in total. The van der Waals surface area contributed by atoms with Gasteiger partial charge in [-0.3, -0.25) is 0 Å². The molecular weight excluding hydrogens is 224 g/mol. The Morgan fingerprint density at radius 3 is 2.50 bits per heavy atom. The Morgan fingerprint density at radius 1 is 1.22 bits per heavy atom. The molecule has 1 fully saturated rings. The number of hydrogen-bond donors (Lipinski definition) is 1. The van der Waals surface area contributed by atoms with Gasteiger partial charge < -0.3 is 15.4 Å². The molecule has 100 valence electrons. The Kier molecular flexibility index (Phi) is 5.02. The summed E-state index contributed by atoms with van der Waals surface area (Å²) in [5.41, 5.74) is 7.51. The minimum atomic E-state index is 0.237. The molecule has 2 rings (SSSR count). The predicted octanol–water partition coefficient (Wildman–Crippen LogP) is 2.05. The van der Waals surface area contributed by atoms with E-state index < -0.39 is 0 Å². The number of benzene rings is 1. The van der Waals surface area contributed by atoms with Crippen molar-refractivity contribution in [1.82, 2.24) is 4.90 Å². The molecule has 1 aromatic rings. The maximum atomic E-state index is 6.21. The molecular formula is C15H24N2O. The zero-order valence-electron chi connectivity index (χ0n) is 11.3. The van der Waals surface area contributed by atoms with E-state index in [1.54, 1.807) is 0 Å². The molecule has 0 bridgehead atoms. The minimum Gasteiger partial charge on any atom is -0.494 e. The molecule has 0 spiro atoms. The Morgan fingerprint density at radius 2 is 1.89 bits per heavy atom. The largest absolute Gasteiger partial charge is 0.494 e. The summed E-state index contributed by atoms with van der Waals surface area (Å²) in [6.07, 6.45) is 3.61. The average molecular weight is 248 g/mol. The van der Waals surface area contributed by atoms with Crippen LogP contribution < -0.4 is 10.5 Å². The van der Waals surface area contributed by atoms with E-state index in [0.29, 0.717) is 6.61 Å². The van der Waals surface area contributed by atoms with E-state index in [-0.39, 0.29) is 6.04 Å². The van der Waals surface area contributed by atoms with Crippen molar-refractivity contribution in [2.75, 3.05) is 26.2 Å². The molecule has 1 unspecified atom stereocenters. The van der Waals surface area contributed by atoms with Crippen LogP contribution in [0.15, 0.2) is 24.3 Å². The summed E-state index contributed by atoms with van der Waals surface area (Å²) in [6.45, 7) is 6.18. The second-order valence-corrected chi connectivity index (χ2v) is 5.05. The number of rotatable bonds is 6.